The first kappa shape index (κ1) is 15.4. The van der Waals surface area contributed by atoms with E-state index in [0.717, 1.165) is 11.8 Å². The second-order valence-corrected chi connectivity index (χ2v) is 4.01. The summed E-state index contributed by atoms with van der Waals surface area (Å²) in [6.45, 7) is -4.72. The SMILES string of the molecule is F[B-](F)(F)CSc1cccc(Cl)c1.[K+]. The van der Waals surface area contributed by atoms with Crippen LogP contribution in [-0.4, -0.2) is 12.6 Å². The summed E-state index contributed by atoms with van der Waals surface area (Å²) in [5, 5.41) is 0.458. The fraction of sp³-hybridized carbons (Fsp3) is 0.143. The average molecular weight is 265 g/mol. The molecule has 0 aliphatic heterocycles. The molecule has 0 saturated carbocycles. The van der Waals surface area contributed by atoms with Crippen molar-refractivity contribution in [2.75, 3.05) is 5.65 Å². The molecule has 0 heterocycles. The van der Waals surface area contributed by atoms with E-state index in [-0.39, 0.29) is 51.4 Å². The Hall–Kier alpha value is 1.35. The molecule has 14 heavy (non-hydrogen) atoms. The molecule has 0 amide bonds. The first-order chi connectivity index (χ1) is 5.97. The van der Waals surface area contributed by atoms with Gasteiger partial charge in [0.1, 0.15) is 0 Å². The van der Waals surface area contributed by atoms with Gasteiger partial charge in [-0.2, -0.15) is 11.8 Å². The normalized spacial score (nSPS) is 10.9. The van der Waals surface area contributed by atoms with E-state index in [0.29, 0.717) is 9.92 Å². The number of halogens is 4. The Bertz CT molecular complexity index is 295. The summed E-state index contributed by atoms with van der Waals surface area (Å²) < 4.78 is 35.6. The van der Waals surface area contributed by atoms with E-state index < -0.39 is 12.6 Å². The van der Waals surface area contributed by atoms with Crippen LogP contribution in [0, 0.1) is 0 Å². The molecule has 0 atom stereocenters. The molecule has 7 heteroatoms. The van der Waals surface area contributed by atoms with Crippen molar-refractivity contribution in [2.45, 2.75) is 4.90 Å². The largest absolute Gasteiger partial charge is 1.00 e. The molecule has 0 aliphatic rings. The fourth-order valence-corrected chi connectivity index (χ4v) is 1.77. The minimum absolute atomic E-state index is 0. The molecule has 0 unspecified atom stereocenters. The number of benzene rings is 1. The van der Waals surface area contributed by atoms with E-state index >= 15 is 0 Å². The summed E-state index contributed by atoms with van der Waals surface area (Å²) >= 11 is 6.37. The van der Waals surface area contributed by atoms with Gasteiger partial charge in [-0.15, -0.1) is 0 Å². The second kappa shape index (κ2) is 6.83. The van der Waals surface area contributed by atoms with Crippen LogP contribution in [0.25, 0.3) is 0 Å². The summed E-state index contributed by atoms with van der Waals surface area (Å²) in [5.74, 6) is 0. The maximum atomic E-state index is 11.9. The Morgan fingerprint density at radius 1 is 1.29 bits per heavy atom. The van der Waals surface area contributed by atoms with Crippen LogP contribution in [0.2, 0.25) is 5.02 Å². The van der Waals surface area contributed by atoms with E-state index in [4.69, 9.17) is 11.6 Å². The van der Waals surface area contributed by atoms with Gasteiger partial charge in [-0.05, 0) is 23.9 Å². The molecule has 0 bridgehead atoms. The standard InChI is InChI=1S/C7H6BClF3S.K/c9-6-2-1-3-7(4-6)13-5-8(10,11)12;/h1-4H,5H2;/q-1;+1. The molecule has 1 aromatic rings. The number of thioether (sulfide) groups is 1. The fourth-order valence-electron chi connectivity index (χ4n) is 0.747. The summed E-state index contributed by atoms with van der Waals surface area (Å²) in [4.78, 5) is 0.548. The van der Waals surface area contributed by atoms with Crippen molar-refractivity contribution in [3.05, 3.63) is 29.3 Å². The van der Waals surface area contributed by atoms with Crippen LogP contribution in [0.1, 0.15) is 0 Å². The molecule has 1 rings (SSSR count). The Morgan fingerprint density at radius 3 is 2.43 bits per heavy atom. The van der Waals surface area contributed by atoms with Gasteiger partial charge in [0.2, 0.25) is 0 Å². The maximum Gasteiger partial charge on any atom is 1.00 e. The molecule has 0 spiro atoms. The Morgan fingerprint density at radius 2 is 1.93 bits per heavy atom. The van der Waals surface area contributed by atoms with Crippen molar-refractivity contribution in [1.29, 1.82) is 0 Å². The van der Waals surface area contributed by atoms with E-state index in [2.05, 4.69) is 0 Å². The second-order valence-electron chi connectivity index (χ2n) is 2.48. The van der Waals surface area contributed by atoms with Crippen LogP contribution in [0.3, 0.4) is 0 Å². The van der Waals surface area contributed by atoms with Crippen LogP contribution < -0.4 is 51.4 Å². The smallest absolute Gasteiger partial charge is 0.448 e. The zero-order chi connectivity index (χ0) is 9.90. The molecule has 0 saturated heterocycles. The van der Waals surface area contributed by atoms with Gasteiger partial charge in [0.05, 0.1) is 0 Å². The van der Waals surface area contributed by atoms with Crippen LogP contribution in [0.15, 0.2) is 29.2 Å². The topological polar surface area (TPSA) is 0 Å². The third kappa shape index (κ3) is 6.77. The molecule has 0 aromatic heterocycles. The number of hydrogen-bond acceptors (Lipinski definition) is 1. The Kier molecular flexibility index (Phi) is 7.49. The average Bonchev–Trinajstić information content (AvgIpc) is 2.00. The predicted molar refractivity (Wildman–Crippen MR) is 51.3 cm³/mol. The van der Waals surface area contributed by atoms with Crippen LogP contribution in [0.5, 0.6) is 0 Å². The van der Waals surface area contributed by atoms with Crippen molar-refractivity contribution in [2.24, 2.45) is 0 Å². The zero-order valence-corrected chi connectivity index (χ0v) is 12.2. The van der Waals surface area contributed by atoms with Crippen molar-refractivity contribution in [3.63, 3.8) is 0 Å². The maximum absolute atomic E-state index is 11.9. The van der Waals surface area contributed by atoms with Gasteiger partial charge in [-0.3, -0.25) is 0 Å². The molecule has 0 nitrogen and oxygen atoms in total. The van der Waals surface area contributed by atoms with Crippen molar-refractivity contribution < 1.29 is 64.3 Å². The van der Waals surface area contributed by atoms with Gasteiger partial charge in [0, 0.05) is 9.92 Å². The van der Waals surface area contributed by atoms with E-state index in [1.807, 2.05) is 0 Å². The van der Waals surface area contributed by atoms with Crippen LogP contribution in [0.4, 0.5) is 12.9 Å². The summed E-state index contributed by atoms with van der Waals surface area (Å²) in [6, 6.07) is 6.39. The first-order valence-electron chi connectivity index (χ1n) is 3.57. The van der Waals surface area contributed by atoms with Gasteiger partial charge in [-0.1, -0.05) is 17.7 Å². The van der Waals surface area contributed by atoms with E-state index in [9.17, 15) is 12.9 Å². The van der Waals surface area contributed by atoms with Gasteiger partial charge in [0.15, 0.2) is 0 Å². The number of hydrogen-bond donors (Lipinski definition) is 0. The summed E-state index contributed by atoms with van der Waals surface area (Å²) in [5.41, 5.74) is -0.819. The van der Waals surface area contributed by atoms with Gasteiger partial charge < -0.3 is 12.9 Å². The minimum Gasteiger partial charge on any atom is -0.448 e. The third-order valence-corrected chi connectivity index (χ3v) is 2.60. The van der Waals surface area contributed by atoms with E-state index in [1.165, 1.54) is 6.07 Å². The first-order valence-corrected chi connectivity index (χ1v) is 4.93. The molecular weight excluding hydrogens is 259 g/mol. The number of rotatable bonds is 3. The Labute approximate surface area is 132 Å². The monoisotopic (exact) mass is 264 g/mol. The molecule has 0 fully saturated rings. The third-order valence-electron chi connectivity index (χ3n) is 1.24. The van der Waals surface area contributed by atoms with Crippen LogP contribution >= 0.6 is 23.4 Å². The molecule has 0 radical (unpaired) electrons. The molecule has 0 N–H and O–H groups in total. The zero-order valence-electron chi connectivity index (χ0n) is 7.51. The van der Waals surface area contributed by atoms with E-state index in [1.54, 1.807) is 18.2 Å². The summed E-state index contributed by atoms with van der Waals surface area (Å²) in [6.07, 6.45) is 0. The summed E-state index contributed by atoms with van der Waals surface area (Å²) in [7, 11) is 0. The molecule has 1 aromatic carbocycles. The minimum atomic E-state index is -4.72. The molecule has 0 aliphatic carbocycles. The molecular formula is C7H6BClF3KS. The predicted octanol–water partition coefficient (Wildman–Crippen LogP) is 0.823. The van der Waals surface area contributed by atoms with Gasteiger partial charge in [0.25, 0.3) is 0 Å². The Balaban J connectivity index is 0.00000169. The quantitative estimate of drug-likeness (QED) is 0.575. The van der Waals surface area contributed by atoms with Crippen molar-refractivity contribution >= 4 is 30.3 Å². The van der Waals surface area contributed by atoms with Gasteiger partial charge in [-0.25, -0.2) is 0 Å². The van der Waals surface area contributed by atoms with Gasteiger partial charge >= 0.3 is 58.4 Å². The van der Waals surface area contributed by atoms with Crippen LogP contribution in [-0.2, 0) is 0 Å². The van der Waals surface area contributed by atoms with Crippen molar-refractivity contribution in [3.8, 4) is 0 Å². The molecule has 72 valence electrons. The van der Waals surface area contributed by atoms with Crippen molar-refractivity contribution in [1.82, 2.24) is 0 Å².